The molecule has 134 valence electrons. The zero-order chi connectivity index (χ0) is 18.8. The van der Waals surface area contributed by atoms with Gasteiger partial charge in [-0.1, -0.05) is 18.2 Å². The summed E-state index contributed by atoms with van der Waals surface area (Å²) in [6.45, 7) is 3.94. The van der Waals surface area contributed by atoms with E-state index in [9.17, 15) is 9.90 Å². The Kier molecular flexibility index (Phi) is 5.89. The van der Waals surface area contributed by atoms with Crippen LogP contribution < -0.4 is 0 Å². The predicted octanol–water partition coefficient (Wildman–Crippen LogP) is 5.93. The van der Waals surface area contributed by atoms with Gasteiger partial charge in [-0.15, -0.1) is 0 Å². The number of amidine groups is 1. The van der Waals surface area contributed by atoms with Gasteiger partial charge in [0.15, 0.2) is 5.17 Å². The van der Waals surface area contributed by atoms with Crippen LogP contribution >= 0.6 is 43.6 Å². The van der Waals surface area contributed by atoms with E-state index >= 15 is 0 Å². The third-order valence-corrected chi connectivity index (χ3v) is 5.86. The Labute approximate surface area is 173 Å². The van der Waals surface area contributed by atoms with Crippen molar-refractivity contribution in [3.8, 4) is 5.75 Å². The Morgan fingerprint density at radius 2 is 1.77 bits per heavy atom. The van der Waals surface area contributed by atoms with Gasteiger partial charge in [0.1, 0.15) is 5.75 Å². The number of thioether (sulfide) groups is 1. The van der Waals surface area contributed by atoms with E-state index in [4.69, 9.17) is 0 Å². The number of aliphatic imine (C=N–C) groups is 1. The highest BCUT2D eigenvalue weighted by atomic mass is 79.9. The van der Waals surface area contributed by atoms with Crippen molar-refractivity contribution in [3.05, 3.63) is 61.9 Å². The van der Waals surface area contributed by atoms with E-state index < -0.39 is 0 Å². The number of carbonyl (C=O) groups is 1. The number of phenolic OH excluding ortho intramolecular Hbond substituents is 1. The normalized spacial score (nSPS) is 17.7. The Balaban J connectivity index is 2.00. The molecule has 4 nitrogen and oxygen atoms in total. The molecule has 0 spiro atoms. The number of phenols is 1. The molecule has 1 saturated heterocycles. The van der Waals surface area contributed by atoms with Crippen molar-refractivity contribution in [2.24, 2.45) is 4.99 Å². The van der Waals surface area contributed by atoms with Crippen LogP contribution in [0, 0.1) is 0 Å². The van der Waals surface area contributed by atoms with Crippen LogP contribution in [-0.4, -0.2) is 27.1 Å². The van der Waals surface area contributed by atoms with Gasteiger partial charge < -0.3 is 5.11 Å². The smallest absolute Gasteiger partial charge is 0.266 e. The maximum absolute atomic E-state index is 12.9. The second-order valence-corrected chi connectivity index (χ2v) is 8.66. The standard InChI is InChI=1S/C19H16Br2N2O2S/c1-11(2)23-18(25)16(10-12-8-14(20)17(24)15(21)9-12)26-19(23)22-13-6-4-3-5-7-13/h3-11,24H,1-2H3/b16-10+,22-19?. The molecule has 3 rings (SSSR count). The zero-order valence-corrected chi connectivity index (χ0v) is 18.1. The third-order valence-electron chi connectivity index (χ3n) is 3.67. The van der Waals surface area contributed by atoms with Gasteiger partial charge in [-0.05, 0) is 93.4 Å². The molecule has 1 N–H and O–H groups in total. The van der Waals surface area contributed by atoms with E-state index in [-0.39, 0.29) is 17.7 Å². The topological polar surface area (TPSA) is 52.9 Å². The van der Waals surface area contributed by atoms with Crippen LogP contribution in [0.25, 0.3) is 6.08 Å². The molecule has 1 fully saturated rings. The number of halogens is 2. The molecule has 1 aliphatic heterocycles. The Hall–Kier alpha value is -1.57. The highest BCUT2D eigenvalue weighted by molar-refractivity contribution is 9.11. The fourth-order valence-corrected chi connectivity index (χ4v) is 4.80. The van der Waals surface area contributed by atoms with E-state index in [1.165, 1.54) is 11.8 Å². The van der Waals surface area contributed by atoms with E-state index in [1.807, 2.05) is 50.3 Å². The fraction of sp³-hybridized carbons (Fsp3) is 0.158. The lowest BCUT2D eigenvalue weighted by molar-refractivity contribution is -0.123. The molecule has 0 unspecified atom stereocenters. The van der Waals surface area contributed by atoms with Gasteiger partial charge in [0.25, 0.3) is 5.91 Å². The lowest BCUT2D eigenvalue weighted by atomic mass is 10.2. The number of rotatable bonds is 3. The first-order valence-corrected chi connectivity index (χ1v) is 10.3. The van der Waals surface area contributed by atoms with Gasteiger partial charge >= 0.3 is 0 Å². The number of carbonyl (C=O) groups excluding carboxylic acids is 1. The van der Waals surface area contributed by atoms with E-state index in [1.54, 1.807) is 17.0 Å². The molecule has 1 heterocycles. The highest BCUT2D eigenvalue weighted by Crippen LogP contribution is 2.38. The largest absolute Gasteiger partial charge is 0.506 e. The molecule has 0 saturated carbocycles. The van der Waals surface area contributed by atoms with Gasteiger partial charge in [-0.2, -0.15) is 0 Å². The van der Waals surface area contributed by atoms with Crippen molar-refractivity contribution in [1.29, 1.82) is 0 Å². The van der Waals surface area contributed by atoms with Crippen molar-refractivity contribution in [2.75, 3.05) is 0 Å². The molecule has 0 atom stereocenters. The molecule has 7 heteroatoms. The molecule has 0 bridgehead atoms. The highest BCUT2D eigenvalue weighted by Gasteiger charge is 2.35. The van der Waals surface area contributed by atoms with Crippen LogP contribution in [0.2, 0.25) is 0 Å². The van der Waals surface area contributed by atoms with Crippen LogP contribution in [0.15, 0.2) is 61.3 Å². The van der Waals surface area contributed by atoms with Crippen LogP contribution in [0.4, 0.5) is 5.69 Å². The maximum Gasteiger partial charge on any atom is 0.266 e. The summed E-state index contributed by atoms with van der Waals surface area (Å²) in [6.07, 6.45) is 1.81. The van der Waals surface area contributed by atoms with Gasteiger partial charge in [-0.3, -0.25) is 9.69 Å². The monoisotopic (exact) mass is 494 g/mol. The summed E-state index contributed by atoms with van der Waals surface area (Å²) in [6, 6.07) is 13.1. The zero-order valence-electron chi connectivity index (χ0n) is 14.1. The molecule has 26 heavy (non-hydrogen) atoms. The number of amides is 1. The summed E-state index contributed by atoms with van der Waals surface area (Å²) in [5.41, 5.74) is 1.62. The van der Waals surface area contributed by atoms with Gasteiger partial charge in [0, 0.05) is 6.04 Å². The van der Waals surface area contributed by atoms with E-state index in [2.05, 4.69) is 36.9 Å². The second-order valence-electron chi connectivity index (χ2n) is 5.94. The summed E-state index contributed by atoms with van der Waals surface area (Å²) >= 11 is 7.99. The Morgan fingerprint density at radius 1 is 1.15 bits per heavy atom. The number of aromatic hydroxyl groups is 1. The predicted molar refractivity (Wildman–Crippen MR) is 115 cm³/mol. The molecule has 2 aromatic carbocycles. The quantitative estimate of drug-likeness (QED) is 0.537. The molecule has 0 aliphatic carbocycles. The van der Waals surface area contributed by atoms with Gasteiger partial charge in [0.2, 0.25) is 0 Å². The van der Waals surface area contributed by atoms with Crippen molar-refractivity contribution < 1.29 is 9.90 Å². The summed E-state index contributed by atoms with van der Waals surface area (Å²) in [5, 5.41) is 10.5. The minimum atomic E-state index is -0.0694. The lowest BCUT2D eigenvalue weighted by Gasteiger charge is -2.19. The molecule has 1 amide bonds. The first-order chi connectivity index (χ1) is 12.4. The Morgan fingerprint density at radius 3 is 2.35 bits per heavy atom. The lowest BCUT2D eigenvalue weighted by Crippen LogP contribution is -2.35. The van der Waals surface area contributed by atoms with Crippen LogP contribution in [-0.2, 0) is 4.79 Å². The van der Waals surface area contributed by atoms with Gasteiger partial charge in [-0.25, -0.2) is 4.99 Å². The van der Waals surface area contributed by atoms with E-state index in [0.717, 1.165) is 11.3 Å². The molecule has 0 radical (unpaired) electrons. The summed E-state index contributed by atoms with van der Waals surface area (Å²) in [4.78, 5) is 19.8. The fourth-order valence-electron chi connectivity index (χ4n) is 2.45. The van der Waals surface area contributed by atoms with E-state index in [0.29, 0.717) is 19.0 Å². The minimum Gasteiger partial charge on any atom is -0.506 e. The van der Waals surface area contributed by atoms with Gasteiger partial charge in [0.05, 0.1) is 19.5 Å². The molecule has 1 aliphatic rings. The molecular formula is C19H16Br2N2O2S. The van der Waals surface area contributed by atoms with Crippen LogP contribution in [0.3, 0.4) is 0 Å². The number of nitrogens with zero attached hydrogens (tertiary/aromatic N) is 2. The third kappa shape index (κ3) is 4.05. The molecule has 2 aromatic rings. The summed E-state index contributed by atoms with van der Waals surface area (Å²) in [5.74, 6) is 0.0627. The SMILES string of the molecule is CC(C)N1C(=O)/C(=C\c2cc(Br)c(O)c(Br)c2)SC1=Nc1ccccc1. The molecular weight excluding hydrogens is 480 g/mol. The first kappa shape index (κ1) is 19.2. The maximum atomic E-state index is 12.9. The Bertz CT molecular complexity index is 888. The van der Waals surface area contributed by atoms with Crippen LogP contribution in [0.1, 0.15) is 19.4 Å². The van der Waals surface area contributed by atoms with Crippen molar-refractivity contribution in [3.63, 3.8) is 0 Å². The van der Waals surface area contributed by atoms with Crippen molar-refractivity contribution >= 4 is 66.5 Å². The average molecular weight is 496 g/mol. The van der Waals surface area contributed by atoms with Crippen LogP contribution in [0.5, 0.6) is 5.75 Å². The number of hydrogen-bond donors (Lipinski definition) is 1. The first-order valence-electron chi connectivity index (χ1n) is 7.91. The number of benzene rings is 2. The second kappa shape index (κ2) is 7.98. The summed E-state index contributed by atoms with van der Waals surface area (Å²) in [7, 11) is 0. The number of para-hydroxylation sites is 1. The minimum absolute atomic E-state index is 0.00153. The van der Waals surface area contributed by atoms with Crippen molar-refractivity contribution in [1.82, 2.24) is 4.90 Å². The molecule has 0 aromatic heterocycles. The summed E-state index contributed by atoms with van der Waals surface area (Å²) < 4.78 is 1.13. The average Bonchev–Trinajstić information content (AvgIpc) is 2.89. The number of hydrogen-bond acceptors (Lipinski definition) is 4. The van der Waals surface area contributed by atoms with Crippen molar-refractivity contribution in [2.45, 2.75) is 19.9 Å².